The summed E-state index contributed by atoms with van der Waals surface area (Å²) >= 11 is 2.94. The Morgan fingerprint density at radius 2 is 1.92 bits per heavy atom. The highest BCUT2D eigenvalue weighted by atomic mass is 32.2. The molecule has 2 aromatic heterocycles. The van der Waals surface area contributed by atoms with Gasteiger partial charge >= 0.3 is 0 Å². The van der Waals surface area contributed by atoms with Gasteiger partial charge in [0.05, 0.1) is 6.54 Å². The van der Waals surface area contributed by atoms with E-state index in [2.05, 4.69) is 31.8 Å². The normalized spacial score (nSPS) is 12.3. The zero-order valence-corrected chi connectivity index (χ0v) is 15.9. The van der Waals surface area contributed by atoms with Crippen LogP contribution in [0.4, 0.5) is 0 Å². The first kappa shape index (κ1) is 18.9. The Morgan fingerprint density at radius 1 is 1.12 bits per heavy atom. The molecule has 0 radical (unpaired) electrons. The van der Waals surface area contributed by atoms with E-state index in [0.717, 1.165) is 19.5 Å². The lowest BCUT2D eigenvalue weighted by atomic mass is 10.3. The lowest BCUT2D eigenvalue weighted by molar-refractivity contribution is 0.584. The van der Waals surface area contributed by atoms with Crippen LogP contribution in [0.15, 0.2) is 44.2 Å². The van der Waals surface area contributed by atoms with E-state index in [9.17, 15) is 8.42 Å². The van der Waals surface area contributed by atoms with E-state index in [1.54, 1.807) is 28.8 Å². The summed E-state index contributed by atoms with van der Waals surface area (Å²) in [4.78, 5) is 5.71. The van der Waals surface area contributed by atoms with Crippen LogP contribution in [0.2, 0.25) is 0 Å². The van der Waals surface area contributed by atoms with Crippen LogP contribution in [-0.2, 0) is 16.4 Å². The Bertz CT molecular complexity index is 710. The van der Waals surface area contributed by atoms with Gasteiger partial charge in [-0.05, 0) is 36.2 Å². The number of nitrogens with one attached hydrogen (secondary N) is 3. The third kappa shape index (κ3) is 6.23. The van der Waals surface area contributed by atoms with Gasteiger partial charge in [-0.25, -0.2) is 13.1 Å². The van der Waals surface area contributed by atoms with Gasteiger partial charge in [-0.15, -0.1) is 22.7 Å². The minimum Gasteiger partial charge on any atom is -0.357 e. The molecular formula is C15H22N4O2S3. The molecule has 2 rings (SSSR count). The van der Waals surface area contributed by atoms with E-state index < -0.39 is 10.0 Å². The van der Waals surface area contributed by atoms with E-state index in [-0.39, 0.29) is 6.54 Å². The number of sulfonamides is 1. The monoisotopic (exact) mass is 386 g/mol. The second-order valence-electron chi connectivity index (χ2n) is 4.85. The molecule has 0 aliphatic rings. The molecule has 9 heteroatoms. The Hall–Kier alpha value is -1.42. The molecular weight excluding hydrogens is 364 g/mol. The lowest BCUT2D eigenvalue weighted by Crippen LogP contribution is -2.39. The number of nitrogens with zero attached hydrogens (tertiary/aromatic N) is 1. The molecule has 132 valence electrons. The standard InChI is InChI=1S/C15H22N4O2S3/c1-2-16-15(17-8-7-13-5-3-11-22-13)18-9-10-19-24(20,21)14-6-4-12-23-14/h3-6,11-12,19H,2,7-10H2,1H3,(H2,16,17,18). The van der Waals surface area contributed by atoms with Crippen LogP contribution in [0.1, 0.15) is 11.8 Å². The molecule has 2 aromatic rings. The molecule has 0 amide bonds. The molecule has 0 aromatic carbocycles. The third-order valence-corrected chi connectivity index (χ3v) is 6.82. The van der Waals surface area contributed by atoms with Crippen molar-refractivity contribution in [3.05, 3.63) is 39.9 Å². The van der Waals surface area contributed by atoms with Crippen molar-refractivity contribution in [3.63, 3.8) is 0 Å². The van der Waals surface area contributed by atoms with E-state index >= 15 is 0 Å². The summed E-state index contributed by atoms with van der Waals surface area (Å²) in [5.74, 6) is 0.698. The third-order valence-electron chi connectivity index (χ3n) is 3.02. The highest BCUT2D eigenvalue weighted by Crippen LogP contribution is 2.14. The first-order chi connectivity index (χ1) is 11.6. The van der Waals surface area contributed by atoms with Gasteiger partial charge in [0.15, 0.2) is 5.96 Å². The van der Waals surface area contributed by atoms with Gasteiger partial charge in [-0.1, -0.05) is 12.1 Å². The molecule has 0 aliphatic carbocycles. The average molecular weight is 387 g/mol. The lowest BCUT2D eigenvalue weighted by Gasteiger charge is -2.11. The van der Waals surface area contributed by atoms with Gasteiger partial charge in [0.1, 0.15) is 4.21 Å². The van der Waals surface area contributed by atoms with Crippen molar-refractivity contribution in [3.8, 4) is 0 Å². The van der Waals surface area contributed by atoms with E-state index in [4.69, 9.17) is 0 Å². The van der Waals surface area contributed by atoms with Crippen molar-refractivity contribution >= 4 is 38.7 Å². The summed E-state index contributed by atoms with van der Waals surface area (Å²) in [7, 11) is -3.41. The maximum absolute atomic E-state index is 12.0. The van der Waals surface area contributed by atoms with Crippen LogP contribution < -0.4 is 15.4 Å². The van der Waals surface area contributed by atoms with E-state index in [1.165, 1.54) is 16.2 Å². The highest BCUT2D eigenvalue weighted by molar-refractivity contribution is 7.91. The Balaban J connectivity index is 1.76. The molecule has 0 fully saturated rings. The quantitative estimate of drug-likeness (QED) is 0.349. The molecule has 3 N–H and O–H groups in total. The SMILES string of the molecule is CCNC(=NCCNS(=O)(=O)c1cccs1)NCCc1cccs1. The van der Waals surface area contributed by atoms with Gasteiger partial charge in [-0.3, -0.25) is 4.99 Å². The fourth-order valence-corrected chi connectivity index (χ4v) is 4.70. The minimum absolute atomic E-state index is 0.266. The number of thiophene rings is 2. The van der Waals surface area contributed by atoms with Gasteiger partial charge in [0, 0.05) is 24.5 Å². The van der Waals surface area contributed by atoms with Gasteiger partial charge in [0.25, 0.3) is 0 Å². The largest absolute Gasteiger partial charge is 0.357 e. The molecule has 0 spiro atoms. The summed E-state index contributed by atoms with van der Waals surface area (Å²) in [5, 5.41) is 10.2. The van der Waals surface area contributed by atoms with Crippen molar-refractivity contribution in [1.82, 2.24) is 15.4 Å². The fourth-order valence-electron chi connectivity index (χ4n) is 1.94. The zero-order valence-electron chi connectivity index (χ0n) is 13.5. The molecule has 2 heterocycles. The molecule has 0 bridgehead atoms. The average Bonchev–Trinajstić information content (AvgIpc) is 3.24. The van der Waals surface area contributed by atoms with Gasteiger partial charge in [-0.2, -0.15) is 0 Å². The molecule has 0 atom stereocenters. The molecule has 0 aliphatic heterocycles. The predicted octanol–water partition coefficient (Wildman–Crippen LogP) is 1.89. The highest BCUT2D eigenvalue weighted by Gasteiger charge is 2.13. The van der Waals surface area contributed by atoms with Crippen molar-refractivity contribution in [2.75, 3.05) is 26.2 Å². The predicted molar refractivity (Wildman–Crippen MR) is 102 cm³/mol. The van der Waals surface area contributed by atoms with Crippen molar-refractivity contribution in [2.24, 2.45) is 4.99 Å². The van der Waals surface area contributed by atoms with Crippen LogP contribution in [0, 0.1) is 0 Å². The number of aliphatic imine (C=N–C) groups is 1. The van der Waals surface area contributed by atoms with Crippen LogP contribution in [-0.4, -0.2) is 40.6 Å². The molecule has 0 saturated heterocycles. The van der Waals surface area contributed by atoms with Crippen LogP contribution >= 0.6 is 22.7 Å². The number of hydrogen-bond acceptors (Lipinski definition) is 5. The maximum atomic E-state index is 12.0. The molecule has 24 heavy (non-hydrogen) atoms. The summed E-state index contributed by atoms with van der Waals surface area (Å²) in [6.45, 7) is 4.18. The van der Waals surface area contributed by atoms with Crippen LogP contribution in [0.3, 0.4) is 0 Å². The van der Waals surface area contributed by atoms with E-state index in [0.29, 0.717) is 16.7 Å². The summed E-state index contributed by atoms with van der Waals surface area (Å²) in [6, 6.07) is 7.46. The van der Waals surface area contributed by atoms with Gasteiger partial charge in [0.2, 0.25) is 10.0 Å². The van der Waals surface area contributed by atoms with Crippen molar-refractivity contribution in [2.45, 2.75) is 17.6 Å². The van der Waals surface area contributed by atoms with E-state index in [1.807, 2.05) is 13.0 Å². The Morgan fingerprint density at radius 3 is 2.58 bits per heavy atom. The first-order valence-electron chi connectivity index (χ1n) is 7.69. The van der Waals surface area contributed by atoms with Crippen LogP contribution in [0.25, 0.3) is 0 Å². The van der Waals surface area contributed by atoms with Crippen LogP contribution in [0.5, 0.6) is 0 Å². The molecule has 0 saturated carbocycles. The maximum Gasteiger partial charge on any atom is 0.250 e. The number of rotatable bonds is 9. The first-order valence-corrected chi connectivity index (χ1v) is 10.9. The zero-order chi connectivity index (χ0) is 17.3. The Kier molecular flexibility index (Phi) is 7.70. The summed E-state index contributed by atoms with van der Waals surface area (Å²) in [6.07, 6.45) is 0.938. The van der Waals surface area contributed by atoms with Gasteiger partial charge < -0.3 is 10.6 Å². The summed E-state index contributed by atoms with van der Waals surface area (Å²) in [5.41, 5.74) is 0. The second-order valence-corrected chi connectivity index (χ2v) is 8.82. The Labute approximate surface area is 151 Å². The topological polar surface area (TPSA) is 82.6 Å². The summed E-state index contributed by atoms with van der Waals surface area (Å²) < 4.78 is 26.9. The molecule has 0 unspecified atom stereocenters. The fraction of sp³-hybridized carbons (Fsp3) is 0.400. The molecule has 6 nitrogen and oxygen atoms in total. The number of guanidine groups is 1. The number of hydrogen-bond donors (Lipinski definition) is 3. The van der Waals surface area contributed by atoms with Crippen molar-refractivity contribution < 1.29 is 8.42 Å². The smallest absolute Gasteiger partial charge is 0.250 e. The minimum atomic E-state index is -3.41. The van der Waals surface area contributed by atoms with Crippen molar-refractivity contribution in [1.29, 1.82) is 0 Å². The second kappa shape index (κ2) is 9.77.